The molecule has 1 aliphatic rings. The number of nitrogens with zero attached hydrogens (tertiary/aromatic N) is 6. The van der Waals surface area contributed by atoms with E-state index in [2.05, 4.69) is 15.3 Å². The molecule has 0 saturated carbocycles. The highest BCUT2D eigenvalue weighted by molar-refractivity contribution is 5.81. The number of imidazole rings is 1. The number of benzene rings is 2. The van der Waals surface area contributed by atoms with Crippen molar-refractivity contribution in [2.75, 3.05) is 13.7 Å². The second-order valence-corrected chi connectivity index (χ2v) is 8.30. The summed E-state index contributed by atoms with van der Waals surface area (Å²) >= 11 is 0. The molecular weight excluding hydrogens is 416 g/mol. The summed E-state index contributed by atoms with van der Waals surface area (Å²) in [6, 6.07) is 15.6. The Morgan fingerprint density at radius 2 is 1.97 bits per heavy atom. The Hall–Kier alpha value is -3.94. The molecule has 0 spiro atoms. The van der Waals surface area contributed by atoms with Crippen LogP contribution in [-0.4, -0.2) is 49.0 Å². The quantitative estimate of drug-likeness (QED) is 0.454. The van der Waals surface area contributed by atoms with Crippen LogP contribution in [0.1, 0.15) is 30.1 Å². The first-order valence-electron chi connectivity index (χ1n) is 11.1. The lowest BCUT2D eigenvalue weighted by Gasteiger charge is -2.32. The fraction of sp³-hybridized carbons (Fsp3) is 0.280. The fourth-order valence-electron chi connectivity index (χ4n) is 4.29. The van der Waals surface area contributed by atoms with Crippen LogP contribution in [0.4, 0.5) is 0 Å². The standard InChI is InChI=1S/C25H26N6O2/c1-18-14-30(17-26-18)22-11-10-20(13-24(22)33-2)21-16-31(28-27-21)23-9-6-12-29(25(23)32)15-19-7-4-3-5-8-19/h3-5,7-8,10-11,13-14,16-17,23H,6,9,12,15H2,1-2H3. The highest BCUT2D eigenvalue weighted by atomic mass is 16.5. The lowest BCUT2D eigenvalue weighted by molar-refractivity contribution is -0.138. The molecule has 0 radical (unpaired) electrons. The van der Waals surface area contributed by atoms with Crippen LogP contribution in [0.5, 0.6) is 5.75 Å². The summed E-state index contributed by atoms with van der Waals surface area (Å²) in [7, 11) is 1.64. The highest BCUT2D eigenvalue weighted by Gasteiger charge is 2.31. The van der Waals surface area contributed by atoms with Gasteiger partial charge >= 0.3 is 0 Å². The first-order valence-corrected chi connectivity index (χ1v) is 11.1. The smallest absolute Gasteiger partial charge is 0.247 e. The van der Waals surface area contributed by atoms with E-state index in [-0.39, 0.29) is 11.9 Å². The molecule has 1 saturated heterocycles. The molecule has 1 aliphatic heterocycles. The first-order chi connectivity index (χ1) is 16.1. The van der Waals surface area contributed by atoms with Gasteiger partial charge in [-0.15, -0.1) is 5.10 Å². The summed E-state index contributed by atoms with van der Waals surface area (Å²) < 4.78 is 9.25. The van der Waals surface area contributed by atoms with Crippen molar-refractivity contribution in [3.63, 3.8) is 0 Å². The van der Waals surface area contributed by atoms with Gasteiger partial charge < -0.3 is 14.2 Å². The summed E-state index contributed by atoms with van der Waals surface area (Å²) in [5.41, 5.74) is 4.54. The number of carbonyl (C=O) groups excluding carboxylic acids is 1. The number of amides is 1. The van der Waals surface area contributed by atoms with Crippen LogP contribution < -0.4 is 4.74 Å². The maximum Gasteiger partial charge on any atom is 0.247 e. The topological polar surface area (TPSA) is 78.1 Å². The van der Waals surface area contributed by atoms with Crippen molar-refractivity contribution in [1.29, 1.82) is 0 Å². The minimum atomic E-state index is -0.334. The largest absolute Gasteiger partial charge is 0.495 e. The SMILES string of the molecule is COc1cc(-c2cn(C3CCCN(Cc4ccccc4)C3=O)nn2)ccc1-n1cnc(C)c1. The van der Waals surface area contributed by atoms with Crippen LogP contribution in [0, 0.1) is 6.92 Å². The second kappa shape index (κ2) is 8.90. The van der Waals surface area contributed by atoms with Gasteiger partial charge in [0, 0.05) is 24.8 Å². The number of hydrogen-bond donors (Lipinski definition) is 0. The summed E-state index contributed by atoms with van der Waals surface area (Å²) in [6.45, 7) is 3.32. The molecule has 0 N–H and O–H groups in total. The number of aryl methyl sites for hydroxylation is 1. The lowest BCUT2D eigenvalue weighted by Crippen LogP contribution is -2.41. The third-order valence-corrected chi connectivity index (χ3v) is 6.01. The highest BCUT2D eigenvalue weighted by Crippen LogP contribution is 2.30. The zero-order valence-electron chi connectivity index (χ0n) is 18.8. The normalized spacial score (nSPS) is 16.2. The molecule has 1 amide bonds. The Morgan fingerprint density at radius 1 is 1.12 bits per heavy atom. The van der Waals surface area contributed by atoms with Gasteiger partial charge in [-0.25, -0.2) is 9.67 Å². The van der Waals surface area contributed by atoms with Gasteiger partial charge in [0.25, 0.3) is 0 Å². The maximum atomic E-state index is 13.2. The summed E-state index contributed by atoms with van der Waals surface area (Å²) in [6.07, 6.45) is 7.26. The van der Waals surface area contributed by atoms with Crippen molar-refractivity contribution in [3.05, 3.63) is 78.5 Å². The van der Waals surface area contributed by atoms with Gasteiger partial charge in [0.1, 0.15) is 17.5 Å². The predicted molar refractivity (Wildman–Crippen MR) is 124 cm³/mol. The van der Waals surface area contributed by atoms with Crippen molar-refractivity contribution in [2.24, 2.45) is 0 Å². The van der Waals surface area contributed by atoms with Gasteiger partial charge in [-0.1, -0.05) is 41.6 Å². The number of methoxy groups -OCH3 is 1. The van der Waals surface area contributed by atoms with Crippen molar-refractivity contribution >= 4 is 5.91 Å². The molecule has 5 rings (SSSR count). The number of piperidine rings is 1. The Balaban J connectivity index is 1.37. The number of aromatic nitrogens is 5. The molecule has 168 valence electrons. The molecule has 1 atom stereocenters. The maximum absolute atomic E-state index is 13.2. The van der Waals surface area contributed by atoms with Crippen molar-refractivity contribution in [1.82, 2.24) is 29.4 Å². The summed E-state index contributed by atoms with van der Waals surface area (Å²) in [5, 5.41) is 8.67. The summed E-state index contributed by atoms with van der Waals surface area (Å²) in [5.74, 6) is 0.798. The van der Waals surface area contributed by atoms with Gasteiger partial charge in [-0.3, -0.25) is 4.79 Å². The van der Waals surface area contributed by atoms with Crippen LogP contribution >= 0.6 is 0 Å². The molecular formula is C25H26N6O2. The zero-order valence-corrected chi connectivity index (χ0v) is 18.8. The Kier molecular flexibility index (Phi) is 5.64. The first kappa shape index (κ1) is 20.9. The second-order valence-electron chi connectivity index (χ2n) is 8.30. The molecule has 1 fully saturated rings. The number of ether oxygens (including phenoxy) is 1. The predicted octanol–water partition coefficient (Wildman–Crippen LogP) is 3.81. The average Bonchev–Trinajstić information content (AvgIpc) is 3.50. The van der Waals surface area contributed by atoms with E-state index in [1.807, 2.05) is 77.3 Å². The van der Waals surface area contributed by atoms with Gasteiger partial charge in [0.05, 0.1) is 31.0 Å². The Labute approximate surface area is 192 Å². The third kappa shape index (κ3) is 4.24. The lowest BCUT2D eigenvalue weighted by atomic mass is 10.0. The molecule has 0 aliphatic carbocycles. The van der Waals surface area contributed by atoms with E-state index in [0.29, 0.717) is 18.0 Å². The van der Waals surface area contributed by atoms with E-state index in [1.54, 1.807) is 18.1 Å². The van der Waals surface area contributed by atoms with Gasteiger partial charge in [0.2, 0.25) is 5.91 Å². The van der Waals surface area contributed by atoms with Gasteiger partial charge in [-0.05, 0) is 37.5 Å². The van der Waals surface area contributed by atoms with E-state index in [1.165, 1.54) is 0 Å². The third-order valence-electron chi connectivity index (χ3n) is 6.01. The molecule has 3 heterocycles. The van der Waals surface area contributed by atoms with E-state index >= 15 is 0 Å². The van der Waals surface area contributed by atoms with E-state index in [9.17, 15) is 4.79 Å². The molecule has 8 nitrogen and oxygen atoms in total. The molecule has 2 aromatic carbocycles. The van der Waals surface area contributed by atoms with E-state index in [0.717, 1.165) is 41.9 Å². The van der Waals surface area contributed by atoms with Gasteiger partial charge in [-0.2, -0.15) is 0 Å². The molecule has 0 bridgehead atoms. The minimum Gasteiger partial charge on any atom is -0.495 e. The molecule has 8 heteroatoms. The zero-order chi connectivity index (χ0) is 22.8. The van der Waals surface area contributed by atoms with Crippen LogP contribution in [-0.2, 0) is 11.3 Å². The molecule has 33 heavy (non-hydrogen) atoms. The number of rotatable bonds is 6. The fourth-order valence-corrected chi connectivity index (χ4v) is 4.29. The van der Waals surface area contributed by atoms with Crippen molar-refractivity contribution in [2.45, 2.75) is 32.4 Å². The monoisotopic (exact) mass is 442 g/mol. The van der Waals surface area contributed by atoms with Crippen LogP contribution in [0.2, 0.25) is 0 Å². The van der Waals surface area contributed by atoms with Gasteiger partial charge in [0.15, 0.2) is 0 Å². The van der Waals surface area contributed by atoms with E-state index < -0.39 is 0 Å². The van der Waals surface area contributed by atoms with Crippen LogP contribution in [0.3, 0.4) is 0 Å². The Morgan fingerprint density at radius 3 is 2.73 bits per heavy atom. The molecule has 2 aromatic heterocycles. The summed E-state index contributed by atoms with van der Waals surface area (Å²) in [4.78, 5) is 19.4. The van der Waals surface area contributed by atoms with Crippen molar-refractivity contribution < 1.29 is 9.53 Å². The number of carbonyl (C=O) groups is 1. The Bertz CT molecular complexity index is 1260. The van der Waals surface area contributed by atoms with Crippen LogP contribution in [0.25, 0.3) is 16.9 Å². The van der Waals surface area contributed by atoms with Crippen molar-refractivity contribution in [3.8, 4) is 22.7 Å². The number of likely N-dealkylation sites (tertiary alicyclic amines) is 1. The number of hydrogen-bond acceptors (Lipinski definition) is 5. The van der Waals surface area contributed by atoms with E-state index in [4.69, 9.17) is 4.74 Å². The molecule has 1 unspecified atom stereocenters. The minimum absolute atomic E-state index is 0.0879. The molecule has 4 aromatic rings. The van der Waals surface area contributed by atoms with Crippen LogP contribution in [0.15, 0.2) is 67.3 Å². The average molecular weight is 443 g/mol.